The first-order valence-corrected chi connectivity index (χ1v) is 7.47. The molecule has 0 fully saturated rings. The number of fused-ring (bicyclic) bond motifs is 1. The number of Topliss-reactive ketones (excluding diaryl/α,β-unsaturated/α-hetero) is 1. The van der Waals surface area contributed by atoms with E-state index in [1.165, 1.54) is 12.3 Å². The zero-order chi connectivity index (χ0) is 16.2. The monoisotopic (exact) mass is 306 g/mol. The fourth-order valence-corrected chi connectivity index (χ4v) is 2.61. The molecule has 3 aromatic rings. The van der Waals surface area contributed by atoms with Crippen LogP contribution in [-0.4, -0.2) is 12.9 Å². The molecule has 0 spiro atoms. The number of carbonyl (C=O) groups excluding carboxylic acids is 1. The maximum absolute atomic E-state index is 11.8. The van der Waals surface area contributed by atoms with Crippen molar-refractivity contribution in [1.29, 1.82) is 0 Å². The Bertz CT molecular complexity index is 847. The van der Waals surface area contributed by atoms with Gasteiger partial charge in [0.1, 0.15) is 18.1 Å². The second kappa shape index (κ2) is 6.53. The molecule has 116 valence electrons. The molecule has 0 aliphatic rings. The molecule has 0 heterocycles. The van der Waals surface area contributed by atoms with E-state index in [2.05, 4.69) is 18.2 Å². The Hall–Kier alpha value is -2.81. The molecule has 0 radical (unpaired) electrons. The second-order valence-corrected chi connectivity index (χ2v) is 5.35. The smallest absolute Gasteiger partial charge is 0.163 e. The SMILES string of the molecule is COc1ccc(C(C)=O)c(OCc2cccc3ccccc23)c1. The van der Waals surface area contributed by atoms with Gasteiger partial charge in [-0.05, 0) is 35.4 Å². The van der Waals surface area contributed by atoms with Crippen LogP contribution in [0.25, 0.3) is 10.8 Å². The maximum atomic E-state index is 11.8. The largest absolute Gasteiger partial charge is 0.497 e. The molecule has 0 aliphatic carbocycles. The van der Waals surface area contributed by atoms with Crippen LogP contribution in [0.1, 0.15) is 22.8 Å². The summed E-state index contributed by atoms with van der Waals surface area (Å²) in [7, 11) is 1.59. The van der Waals surface area contributed by atoms with Gasteiger partial charge >= 0.3 is 0 Å². The summed E-state index contributed by atoms with van der Waals surface area (Å²) in [6, 6.07) is 19.6. The number of hydrogen-bond acceptors (Lipinski definition) is 3. The Morgan fingerprint density at radius 1 is 1.00 bits per heavy atom. The molecule has 0 unspecified atom stereocenters. The highest BCUT2D eigenvalue weighted by Crippen LogP contribution is 2.27. The molecule has 0 saturated heterocycles. The van der Waals surface area contributed by atoms with Gasteiger partial charge in [0.25, 0.3) is 0 Å². The van der Waals surface area contributed by atoms with Crippen molar-refractivity contribution < 1.29 is 14.3 Å². The highest BCUT2D eigenvalue weighted by Gasteiger charge is 2.11. The van der Waals surface area contributed by atoms with Crippen molar-refractivity contribution in [2.75, 3.05) is 7.11 Å². The van der Waals surface area contributed by atoms with Crippen LogP contribution in [0.5, 0.6) is 11.5 Å². The van der Waals surface area contributed by atoms with Crippen LogP contribution in [0.4, 0.5) is 0 Å². The molecule has 0 saturated carbocycles. The molecule has 0 aromatic heterocycles. The van der Waals surface area contributed by atoms with Gasteiger partial charge in [-0.15, -0.1) is 0 Å². The average molecular weight is 306 g/mol. The third kappa shape index (κ3) is 3.19. The highest BCUT2D eigenvalue weighted by molar-refractivity contribution is 5.97. The van der Waals surface area contributed by atoms with Gasteiger partial charge in [0.05, 0.1) is 12.7 Å². The third-order valence-corrected chi connectivity index (χ3v) is 3.83. The van der Waals surface area contributed by atoms with E-state index in [-0.39, 0.29) is 5.78 Å². The number of rotatable bonds is 5. The molecule has 3 rings (SSSR count). The molecular weight excluding hydrogens is 288 g/mol. The summed E-state index contributed by atoms with van der Waals surface area (Å²) in [5.41, 5.74) is 1.64. The van der Waals surface area contributed by atoms with E-state index in [4.69, 9.17) is 9.47 Å². The van der Waals surface area contributed by atoms with Crippen molar-refractivity contribution in [3.05, 3.63) is 71.8 Å². The first-order chi connectivity index (χ1) is 11.2. The number of ether oxygens (including phenoxy) is 2. The van der Waals surface area contributed by atoms with Gasteiger partial charge in [-0.3, -0.25) is 4.79 Å². The lowest BCUT2D eigenvalue weighted by atomic mass is 10.1. The Kier molecular flexibility index (Phi) is 4.29. The van der Waals surface area contributed by atoms with Crippen molar-refractivity contribution in [2.45, 2.75) is 13.5 Å². The van der Waals surface area contributed by atoms with Crippen molar-refractivity contribution in [3.63, 3.8) is 0 Å². The zero-order valence-corrected chi connectivity index (χ0v) is 13.2. The number of methoxy groups -OCH3 is 1. The quantitative estimate of drug-likeness (QED) is 0.645. The molecule has 0 amide bonds. The lowest BCUT2D eigenvalue weighted by molar-refractivity contribution is 0.101. The van der Waals surface area contributed by atoms with Crippen LogP contribution in [0.15, 0.2) is 60.7 Å². The van der Waals surface area contributed by atoms with Crippen LogP contribution in [-0.2, 0) is 6.61 Å². The van der Waals surface area contributed by atoms with Crippen LogP contribution >= 0.6 is 0 Å². The second-order valence-electron chi connectivity index (χ2n) is 5.35. The minimum atomic E-state index is -0.0272. The van der Waals surface area contributed by atoms with E-state index < -0.39 is 0 Å². The molecular formula is C20H18O3. The summed E-state index contributed by atoms with van der Waals surface area (Å²) < 4.78 is 11.2. The number of carbonyl (C=O) groups is 1. The minimum absolute atomic E-state index is 0.0272. The Labute approximate surface area is 135 Å². The molecule has 0 bridgehead atoms. The standard InChI is InChI=1S/C20H18O3/c1-14(21)18-11-10-17(22-2)12-20(18)23-13-16-8-5-7-15-6-3-4-9-19(15)16/h3-12H,13H2,1-2H3. The average Bonchev–Trinajstić information content (AvgIpc) is 2.59. The summed E-state index contributed by atoms with van der Waals surface area (Å²) >= 11 is 0. The summed E-state index contributed by atoms with van der Waals surface area (Å²) in [6.45, 7) is 1.93. The summed E-state index contributed by atoms with van der Waals surface area (Å²) in [5, 5.41) is 2.33. The Morgan fingerprint density at radius 2 is 1.78 bits per heavy atom. The minimum Gasteiger partial charge on any atom is -0.497 e. The van der Waals surface area contributed by atoms with Crippen LogP contribution in [0.3, 0.4) is 0 Å². The van der Waals surface area contributed by atoms with E-state index in [0.717, 1.165) is 10.9 Å². The highest BCUT2D eigenvalue weighted by atomic mass is 16.5. The lowest BCUT2D eigenvalue weighted by Gasteiger charge is -2.13. The van der Waals surface area contributed by atoms with E-state index in [1.54, 1.807) is 25.3 Å². The van der Waals surface area contributed by atoms with E-state index in [0.29, 0.717) is 23.7 Å². The Morgan fingerprint density at radius 3 is 2.57 bits per heavy atom. The predicted molar refractivity (Wildman–Crippen MR) is 91.3 cm³/mol. The number of hydrogen-bond donors (Lipinski definition) is 0. The van der Waals surface area contributed by atoms with Gasteiger partial charge in [-0.2, -0.15) is 0 Å². The first kappa shape index (κ1) is 15.1. The van der Waals surface area contributed by atoms with Crippen molar-refractivity contribution in [3.8, 4) is 11.5 Å². The molecule has 0 aliphatic heterocycles. The molecule has 3 aromatic carbocycles. The van der Waals surface area contributed by atoms with E-state index >= 15 is 0 Å². The fraction of sp³-hybridized carbons (Fsp3) is 0.150. The molecule has 0 atom stereocenters. The normalized spacial score (nSPS) is 10.5. The van der Waals surface area contributed by atoms with E-state index in [1.807, 2.05) is 24.3 Å². The van der Waals surface area contributed by atoms with Crippen molar-refractivity contribution in [1.82, 2.24) is 0 Å². The predicted octanol–water partition coefficient (Wildman–Crippen LogP) is 4.63. The molecule has 0 N–H and O–H groups in total. The van der Waals surface area contributed by atoms with Gasteiger partial charge in [0.2, 0.25) is 0 Å². The topological polar surface area (TPSA) is 35.5 Å². The zero-order valence-electron chi connectivity index (χ0n) is 13.2. The van der Waals surface area contributed by atoms with E-state index in [9.17, 15) is 4.79 Å². The van der Waals surface area contributed by atoms with Gasteiger partial charge in [0, 0.05) is 6.07 Å². The van der Waals surface area contributed by atoms with Gasteiger partial charge in [-0.1, -0.05) is 42.5 Å². The van der Waals surface area contributed by atoms with Gasteiger partial charge in [0.15, 0.2) is 5.78 Å². The molecule has 23 heavy (non-hydrogen) atoms. The third-order valence-electron chi connectivity index (χ3n) is 3.83. The summed E-state index contributed by atoms with van der Waals surface area (Å²) in [4.78, 5) is 11.8. The summed E-state index contributed by atoms with van der Waals surface area (Å²) in [6.07, 6.45) is 0. The maximum Gasteiger partial charge on any atom is 0.163 e. The van der Waals surface area contributed by atoms with Crippen LogP contribution in [0.2, 0.25) is 0 Å². The number of ketones is 1. The lowest BCUT2D eigenvalue weighted by Crippen LogP contribution is -2.02. The Balaban J connectivity index is 1.92. The number of benzene rings is 3. The van der Waals surface area contributed by atoms with Crippen LogP contribution in [0, 0.1) is 0 Å². The van der Waals surface area contributed by atoms with Crippen molar-refractivity contribution in [2.24, 2.45) is 0 Å². The first-order valence-electron chi connectivity index (χ1n) is 7.47. The summed E-state index contributed by atoms with van der Waals surface area (Å²) in [5.74, 6) is 1.19. The fourth-order valence-electron chi connectivity index (χ4n) is 2.61. The van der Waals surface area contributed by atoms with Crippen molar-refractivity contribution >= 4 is 16.6 Å². The van der Waals surface area contributed by atoms with Crippen LogP contribution < -0.4 is 9.47 Å². The molecule has 3 heteroatoms. The van der Waals surface area contributed by atoms with Gasteiger partial charge < -0.3 is 9.47 Å². The van der Waals surface area contributed by atoms with Gasteiger partial charge in [-0.25, -0.2) is 0 Å². The molecule has 3 nitrogen and oxygen atoms in total.